The molecule has 0 bridgehead atoms. The van der Waals surface area contributed by atoms with Crippen LogP contribution in [-0.4, -0.2) is 14.9 Å². The molecule has 1 heterocycles. The summed E-state index contributed by atoms with van der Waals surface area (Å²) in [4.78, 5) is 0. The van der Waals surface area contributed by atoms with Crippen molar-refractivity contribution in [1.29, 1.82) is 0 Å². The normalized spacial score (nSPS) is 11.8. The third-order valence-electron chi connectivity index (χ3n) is 2.98. The minimum Gasteiger partial charge on any atom is -0.504 e. The van der Waals surface area contributed by atoms with Gasteiger partial charge in [0.25, 0.3) is 0 Å². The van der Waals surface area contributed by atoms with Gasteiger partial charge in [0.2, 0.25) is 0 Å². The van der Waals surface area contributed by atoms with E-state index in [0.29, 0.717) is 5.75 Å². The van der Waals surface area contributed by atoms with Crippen LogP contribution in [-0.2, 0) is 12.0 Å². The van der Waals surface area contributed by atoms with E-state index < -0.39 is 0 Å². The summed E-state index contributed by atoms with van der Waals surface area (Å²) in [5.41, 5.74) is 2.40. The fourth-order valence-electron chi connectivity index (χ4n) is 2.07. The lowest BCUT2D eigenvalue weighted by atomic mass is 9.91. The molecule has 0 saturated carbocycles. The molecule has 1 aromatic heterocycles. The Kier molecular flexibility index (Phi) is 3.16. The van der Waals surface area contributed by atoms with Gasteiger partial charge in [0.05, 0.1) is 0 Å². The Morgan fingerprint density at radius 2 is 1.78 bits per heavy atom. The second-order valence-corrected chi connectivity index (χ2v) is 5.48. The zero-order chi connectivity index (χ0) is 13.3. The van der Waals surface area contributed by atoms with Crippen molar-refractivity contribution in [3.8, 4) is 17.0 Å². The van der Waals surface area contributed by atoms with E-state index in [1.54, 1.807) is 0 Å². The Morgan fingerprint density at radius 1 is 1.17 bits per heavy atom. The molecule has 2 aromatic rings. The third-order valence-corrected chi connectivity index (χ3v) is 2.98. The van der Waals surface area contributed by atoms with E-state index in [4.69, 9.17) is 0 Å². The van der Waals surface area contributed by atoms with E-state index in [1.165, 1.54) is 0 Å². The van der Waals surface area contributed by atoms with E-state index in [9.17, 15) is 5.11 Å². The summed E-state index contributed by atoms with van der Waals surface area (Å²) < 4.78 is 1.87. The highest BCUT2D eigenvalue weighted by atomic mass is 16.3. The summed E-state index contributed by atoms with van der Waals surface area (Å²) in [6.07, 6.45) is 0. The molecule has 96 valence electrons. The van der Waals surface area contributed by atoms with Crippen LogP contribution in [0.4, 0.5) is 0 Å². The molecule has 0 spiro atoms. The molecule has 0 unspecified atom stereocenters. The molecule has 0 radical (unpaired) electrons. The van der Waals surface area contributed by atoms with Gasteiger partial charge in [0.15, 0.2) is 5.75 Å². The van der Waals surface area contributed by atoms with Crippen LogP contribution in [0.2, 0.25) is 0 Å². The minimum atomic E-state index is -0.159. The highest BCUT2D eigenvalue weighted by Gasteiger charge is 2.26. The van der Waals surface area contributed by atoms with Gasteiger partial charge in [-0.05, 0) is 6.92 Å². The molecule has 0 aliphatic heterocycles. The first-order valence-electron chi connectivity index (χ1n) is 6.30. The highest BCUT2D eigenvalue weighted by molar-refractivity contribution is 5.68. The van der Waals surface area contributed by atoms with Crippen molar-refractivity contribution in [2.75, 3.05) is 0 Å². The number of aromatic hydroxyl groups is 1. The maximum atomic E-state index is 10.4. The number of aryl methyl sites for hydroxylation is 1. The monoisotopic (exact) mass is 244 g/mol. The lowest BCUT2D eigenvalue weighted by Gasteiger charge is -2.15. The second-order valence-electron chi connectivity index (χ2n) is 5.48. The molecule has 1 N–H and O–H groups in total. The predicted molar refractivity (Wildman–Crippen MR) is 73.7 cm³/mol. The zero-order valence-corrected chi connectivity index (χ0v) is 11.4. The van der Waals surface area contributed by atoms with Crippen LogP contribution in [0.15, 0.2) is 30.3 Å². The maximum Gasteiger partial charge on any atom is 0.165 e. The van der Waals surface area contributed by atoms with E-state index in [1.807, 2.05) is 41.9 Å². The molecule has 0 fully saturated rings. The van der Waals surface area contributed by atoms with E-state index in [-0.39, 0.29) is 5.41 Å². The number of hydrogen-bond donors (Lipinski definition) is 1. The van der Waals surface area contributed by atoms with Crippen LogP contribution < -0.4 is 0 Å². The molecule has 0 aliphatic rings. The van der Waals surface area contributed by atoms with Gasteiger partial charge >= 0.3 is 0 Å². The first-order valence-corrected chi connectivity index (χ1v) is 6.30. The van der Waals surface area contributed by atoms with Crippen molar-refractivity contribution in [3.63, 3.8) is 0 Å². The quantitative estimate of drug-likeness (QED) is 0.877. The summed E-state index contributed by atoms with van der Waals surface area (Å²) in [7, 11) is 0. The summed E-state index contributed by atoms with van der Waals surface area (Å²) in [5.74, 6) is 0.301. The number of benzene rings is 1. The topological polar surface area (TPSA) is 38.0 Å². The van der Waals surface area contributed by atoms with Gasteiger partial charge in [-0.15, -0.1) is 0 Å². The number of nitrogens with zero attached hydrogens (tertiary/aromatic N) is 2. The average molecular weight is 244 g/mol. The van der Waals surface area contributed by atoms with Crippen LogP contribution >= 0.6 is 0 Å². The summed E-state index contributed by atoms with van der Waals surface area (Å²) in [5, 5.41) is 15.0. The van der Waals surface area contributed by atoms with Crippen LogP contribution in [0.5, 0.6) is 5.75 Å². The van der Waals surface area contributed by atoms with Crippen molar-refractivity contribution in [3.05, 3.63) is 36.0 Å². The number of hydrogen-bond acceptors (Lipinski definition) is 2. The second kappa shape index (κ2) is 4.48. The van der Waals surface area contributed by atoms with Crippen LogP contribution in [0.3, 0.4) is 0 Å². The molecule has 18 heavy (non-hydrogen) atoms. The molecular formula is C15H20N2O. The fourth-order valence-corrected chi connectivity index (χ4v) is 2.07. The largest absolute Gasteiger partial charge is 0.504 e. The van der Waals surface area contributed by atoms with Crippen molar-refractivity contribution >= 4 is 0 Å². The Labute approximate surface area is 108 Å². The van der Waals surface area contributed by atoms with Gasteiger partial charge in [-0.3, -0.25) is 4.68 Å². The maximum absolute atomic E-state index is 10.4. The predicted octanol–water partition coefficient (Wildman–Crippen LogP) is 3.57. The molecule has 3 nitrogen and oxygen atoms in total. The molecule has 0 saturated heterocycles. The van der Waals surface area contributed by atoms with Gasteiger partial charge < -0.3 is 5.11 Å². The van der Waals surface area contributed by atoms with E-state index in [0.717, 1.165) is 23.5 Å². The lowest BCUT2D eigenvalue weighted by molar-refractivity contribution is 0.445. The Morgan fingerprint density at radius 3 is 2.28 bits per heavy atom. The molecule has 3 heteroatoms. The highest BCUT2D eigenvalue weighted by Crippen LogP contribution is 2.37. The lowest BCUT2D eigenvalue weighted by Crippen LogP contribution is -2.13. The molecular weight excluding hydrogens is 224 g/mol. The number of rotatable bonds is 2. The van der Waals surface area contributed by atoms with Gasteiger partial charge in [-0.2, -0.15) is 5.10 Å². The minimum absolute atomic E-state index is 0.159. The Hall–Kier alpha value is -1.77. The van der Waals surface area contributed by atoms with Crippen LogP contribution in [0.1, 0.15) is 33.4 Å². The van der Waals surface area contributed by atoms with Gasteiger partial charge in [0, 0.05) is 17.5 Å². The van der Waals surface area contributed by atoms with Gasteiger partial charge in [-0.25, -0.2) is 0 Å². The van der Waals surface area contributed by atoms with E-state index >= 15 is 0 Å². The summed E-state index contributed by atoms with van der Waals surface area (Å²) in [6.45, 7) is 8.96. The van der Waals surface area contributed by atoms with E-state index in [2.05, 4.69) is 25.9 Å². The fraction of sp³-hybridized carbons (Fsp3) is 0.400. The third kappa shape index (κ3) is 2.13. The first-order chi connectivity index (χ1) is 8.45. The smallest absolute Gasteiger partial charge is 0.165 e. The molecule has 0 atom stereocenters. The van der Waals surface area contributed by atoms with Gasteiger partial charge in [0.1, 0.15) is 11.4 Å². The van der Waals surface area contributed by atoms with Crippen molar-refractivity contribution < 1.29 is 5.11 Å². The van der Waals surface area contributed by atoms with Crippen LogP contribution in [0.25, 0.3) is 11.3 Å². The number of aromatic nitrogens is 2. The van der Waals surface area contributed by atoms with Crippen molar-refractivity contribution in [1.82, 2.24) is 9.78 Å². The SMILES string of the molecule is CCn1nc(C(C)(C)C)c(O)c1-c1ccccc1. The molecule has 2 rings (SSSR count). The van der Waals surface area contributed by atoms with Crippen LogP contribution in [0, 0.1) is 0 Å². The average Bonchev–Trinajstić information content (AvgIpc) is 2.67. The Bertz CT molecular complexity index is 536. The summed E-state index contributed by atoms with van der Waals surface area (Å²) >= 11 is 0. The molecule has 0 amide bonds. The first kappa shape index (κ1) is 12.7. The zero-order valence-electron chi connectivity index (χ0n) is 11.4. The van der Waals surface area contributed by atoms with Gasteiger partial charge in [-0.1, -0.05) is 51.1 Å². The van der Waals surface area contributed by atoms with Crippen molar-refractivity contribution in [2.45, 2.75) is 39.7 Å². The van der Waals surface area contributed by atoms with Crippen molar-refractivity contribution in [2.24, 2.45) is 0 Å². The molecule has 1 aromatic carbocycles. The Balaban J connectivity index is 2.64. The summed E-state index contributed by atoms with van der Waals surface area (Å²) in [6, 6.07) is 9.90. The standard InChI is InChI=1S/C15H20N2O/c1-5-17-12(11-9-7-6-8-10-11)13(18)14(16-17)15(2,3)4/h6-10,18H,5H2,1-4H3. The molecule has 0 aliphatic carbocycles.